The van der Waals surface area contributed by atoms with Crippen LogP contribution in [0.25, 0.3) is 11.8 Å². The zero-order valence-electron chi connectivity index (χ0n) is 18.7. The van der Waals surface area contributed by atoms with Gasteiger partial charge in [0.1, 0.15) is 0 Å². The van der Waals surface area contributed by atoms with Gasteiger partial charge in [0.2, 0.25) is 0 Å². The zero-order chi connectivity index (χ0) is 23.4. The number of non-ortho nitro benzene ring substituents is 1. The highest BCUT2D eigenvalue weighted by Crippen LogP contribution is 2.64. The van der Waals surface area contributed by atoms with E-state index in [4.69, 9.17) is 0 Å². The molecule has 2 saturated carbocycles. The standard InChI is InChI=1S/C24H25N5O3S/c1-23(2)15-10-11-24(23,3)20(13-15)26-27-22-25-21(30)19(33-22)14-18-5-4-12-28(18)16-6-8-17(9-7-16)29(31)32/h4-9,12,14-15H,10-11,13H2,1-3H3,(H,25,27,30)/b19-14-,26-20+. The molecule has 170 valence electrons. The van der Waals surface area contributed by atoms with Gasteiger partial charge in [0, 0.05) is 40.8 Å². The number of carbonyl (C=O) groups is 1. The third kappa shape index (κ3) is 3.51. The Morgan fingerprint density at radius 2 is 1.97 bits per heavy atom. The molecule has 1 saturated heterocycles. The Balaban J connectivity index is 1.37. The van der Waals surface area contributed by atoms with Crippen molar-refractivity contribution in [2.24, 2.45) is 27.0 Å². The molecular formula is C24H25N5O3S. The van der Waals surface area contributed by atoms with Crippen molar-refractivity contribution >= 4 is 40.3 Å². The molecule has 3 fully saturated rings. The smallest absolute Gasteiger partial charge is 0.269 e. The maximum Gasteiger partial charge on any atom is 0.269 e. The number of nitrogens with one attached hydrogen (secondary N) is 1. The summed E-state index contributed by atoms with van der Waals surface area (Å²) in [6.07, 6.45) is 7.00. The lowest BCUT2D eigenvalue weighted by atomic mass is 9.70. The number of amidine groups is 1. The van der Waals surface area contributed by atoms with E-state index in [0.29, 0.717) is 16.0 Å². The molecule has 1 amide bonds. The molecule has 1 aromatic heterocycles. The van der Waals surface area contributed by atoms with Gasteiger partial charge in [0.25, 0.3) is 11.6 Å². The van der Waals surface area contributed by atoms with Crippen LogP contribution in [0.15, 0.2) is 57.7 Å². The van der Waals surface area contributed by atoms with Gasteiger partial charge < -0.3 is 4.57 Å². The fourth-order valence-corrected chi connectivity index (χ4v) is 6.03. The molecule has 3 aliphatic rings. The molecule has 0 spiro atoms. The second-order valence-corrected chi connectivity index (χ2v) is 10.6. The minimum atomic E-state index is -0.427. The molecule has 33 heavy (non-hydrogen) atoms. The molecule has 9 heteroatoms. The van der Waals surface area contributed by atoms with Crippen molar-refractivity contribution in [2.45, 2.75) is 40.0 Å². The van der Waals surface area contributed by atoms with Crippen molar-refractivity contribution < 1.29 is 9.72 Å². The van der Waals surface area contributed by atoms with E-state index in [1.165, 1.54) is 30.3 Å². The maximum absolute atomic E-state index is 12.6. The van der Waals surface area contributed by atoms with Crippen molar-refractivity contribution in [3.63, 3.8) is 0 Å². The van der Waals surface area contributed by atoms with Crippen LogP contribution in [-0.2, 0) is 4.79 Å². The fraction of sp³-hybridized carbons (Fsp3) is 0.375. The Hall–Kier alpha value is -3.20. The molecule has 0 radical (unpaired) electrons. The van der Waals surface area contributed by atoms with E-state index in [9.17, 15) is 14.9 Å². The highest BCUT2D eigenvalue weighted by atomic mass is 32.2. The molecule has 1 N–H and O–H groups in total. The summed E-state index contributed by atoms with van der Waals surface area (Å²) in [4.78, 5) is 23.6. The van der Waals surface area contributed by atoms with Crippen LogP contribution < -0.4 is 5.32 Å². The first-order valence-corrected chi connectivity index (χ1v) is 11.8. The van der Waals surface area contributed by atoms with E-state index in [0.717, 1.165) is 29.9 Å². The summed E-state index contributed by atoms with van der Waals surface area (Å²) in [5.74, 6) is 0.435. The van der Waals surface area contributed by atoms with E-state index in [1.807, 2.05) is 22.9 Å². The second kappa shape index (κ2) is 7.69. The van der Waals surface area contributed by atoms with Crippen LogP contribution in [0.5, 0.6) is 0 Å². The summed E-state index contributed by atoms with van der Waals surface area (Å²) >= 11 is 1.27. The van der Waals surface area contributed by atoms with Gasteiger partial charge in [-0.1, -0.05) is 20.8 Å². The van der Waals surface area contributed by atoms with Crippen LogP contribution >= 0.6 is 11.8 Å². The summed E-state index contributed by atoms with van der Waals surface area (Å²) in [6, 6.07) is 10.0. The fourth-order valence-electron chi connectivity index (χ4n) is 5.28. The molecule has 1 aromatic carbocycles. The monoisotopic (exact) mass is 463 g/mol. The summed E-state index contributed by atoms with van der Waals surface area (Å²) in [7, 11) is 0. The van der Waals surface area contributed by atoms with E-state index in [-0.39, 0.29) is 22.4 Å². The highest BCUT2D eigenvalue weighted by molar-refractivity contribution is 8.18. The summed E-state index contributed by atoms with van der Waals surface area (Å²) in [5, 5.41) is 23.2. The molecular weight excluding hydrogens is 438 g/mol. The number of rotatable bonds is 4. The molecule has 5 rings (SSSR count). The number of amides is 1. The van der Waals surface area contributed by atoms with Crippen LogP contribution in [0.4, 0.5) is 5.69 Å². The van der Waals surface area contributed by atoms with Gasteiger partial charge >= 0.3 is 0 Å². The van der Waals surface area contributed by atoms with Crippen LogP contribution in [0.1, 0.15) is 45.7 Å². The molecule has 2 heterocycles. The highest BCUT2D eigenvalue weighted by Gasteiger charge is 2.60. The van der Waals surface area contributed by atoms with Crippen molar-refractivity contribution in [1.82, 2.24) is 9.88 Å². The first-order valence-electron chi connectivity index (χ1n) is 11.0. The number of hydrogen-bond acceptors (Lipinski definition) is 6. The zero-order valence-corrected chi connectivity index (χ0v) is 19.6. The van der Waals surface area contributed by atoms with E-state index >= 15 is 0 Å². The van der Waals surface area contributed by atoms with Crippen molar-refractivity contribution in [2.75, 3.05) is 0 Å². The third-order valence-corrected chi connectivity index (χ3v) is 8.72. The lowest BCUT2D eigenvalue weighted by molar-refractivity contribution is -0.384. The molecule has 2 atom stereocenters. The quantitative estimate of drug-likeness (QED) is 0.385. The minimum Gasteiger partial charge on any atom is -0.317 e. The number of fused-ring (bicyclic) bond motifs is 2. The lowest BCUT2D eigenvalue weighted by Crippen LogP contribution is -2.32. The number of aromatic nitrogens is 1. The van der Waals surface area contributed by atoms with E-state index in [1.54, 1.807) is 18.2 Å². The molecule has 2 bridgehead atoms. The van der Waals surface area contributed by atoms with Crippen LogP contribution in [0.2, 0.25) is 0 Å². The number of hydrogen-bond donors (Lipinski definition) is 1. The number of nitro groups is 1. The van der Waals surface area contributed by atoms with Crippen LogP contribution in [0, 0.1) is 26.9 Å². The normalized spacial score (nSPS) is 29.4. The van der Waals surface area contributed by atoms with Gasteiger partial charge in [-0.05, 0) is 72.7 Å². The van der Waals surface area contributed by atoms with Gasteiger partial charge in [0.15, 0.2) is 5.17 Å². The average Bonchev–Trinajstić information content (AvgIpc) is 3.48. The molecule has 2 aromatic rings. The van der Waals surface area contributed by atoms with E-state index < -0.39 is 4.92 Å². The maximum atomic E-state index is 12.6. The van der Waals surface area contributed by atoms with Crippen LogP contribution in [-0.4, -0.2) is 26.3 Å². The Morgan fingerprint density at radius 1 is 1.21 bits per heavy atom. The minimum absolute atomic E-state index is 0.0340. The summed E-state index contributed by atoms with van der Waals surface area (Å²) in [6.45, 7) is 6.94. The van der Waals surface area contributed by atoms with Crippen molar-refractivity contribution in [1.29, 1.82) is 0 Å². The van der Waals surface area contributed by atoms with Gasteiger partial charge in [-0.15, -0.1) is 5.10 Å². The number of nitrogens with zero attached hydrogens (tertiary/aromatic N) is 4. The second-order valence-electron chi connectivity index (χ2n) is 9.59. The molecule has 8 nitrogen and oxygen atoms in total. The topological polar surface area (TPSA) is 102 Å². The van der Waals surface area contributed by atoms with Gasteiger partial charge in [-0.2, -0.15) is 5.10 Å². The van der Waals surface area contributed by atoms with Crippen LogP contribution in [0.3, 0.4) is 0 Å². The Kier molecular flexibility index (Phi) is 5.04. The number of benzene rings is 1. The number of thioether (sulfide) groups is 1. The Labute approximate surface area is 196 Å². The van der Waals surface area contributed by atoms with Gasteiger partial charge in [-0.3, -0.25) is 20.2 Å². The first-order chi connectivity index (χ1) is 15.7. The molecule has 2 unspecified atom stereocenters. The predicted molar refractivity (Wildman–Crippen MR) is 130 cm³/mol. The Bertz CT molecular complexity index is 1240. The predicted octanol–water partition coefficient (Wildman–Crippen LogP) is 5.15. The average molecular weight is 464 g/mol. The van der Waals surface area contributed by atoms with Crippen molar-refractivity contribution in [3.05, 3.63) is 63.3 Å². The number of carbonyl (C=O) groups excluding carboxylic acids is 1. The molecule has 2 aliphatic carbocycles. The van der Waals surface area contributed by atoms with E-state index in [2.05, 4.69) is 36.3 Å². The summed E-state index contributed by atoms with van der Waals surface area (Å²) in [5.41, 5.74) is 3.03. The molecule has 1 aliphatic heterocycles. The SMILES string of the molecule is CC12CCC(C/C1=N\N=C1/NC(=O)/C(=C/c3cccn3-c3ccc([N+](=O)[O-])cc3)S1)C2(C)C. The lowest BCUT2D eigenvalue weighted by Gasteiger charge is -2.34. The van der Waals surface area contributed by atoms with Crippen molar-refractivity contribution in [3.8, 4) is 5.69 Å². The van der Waals surface area contributed by atoms with Gasteiger partial charge in [-0.25, -0.2) is 0 Å². The Morgan fingerprint density at radius 3 is 2.61 bits per heavy atom. The summed E-state index contributed by atoms with van der Waals surface area (Å²) < 4.78 is 1.87. The largest absolute Gasteiger partial charge is 0.317 e. The first kappa shape index (κ1) is 21.6. The third-order valence-electron chi connectivity index (χ3n) is 7.82. The number of nitro benzene ring substituents is 1. The van der Waals surface area contributed by atoms with Gasteiger partial charge in [0.05, 0.1) is 9.83 Å².